The van der Waals surface area contributed by atoms with E-state index in [0.717, 1.165) is 38.2 Å². The maximum Gasteiger partial charge on any atom is 0.307 e. The zero-order chi connectivity index (χ0) is 32.6. The van der Waals surface area contributed by atoms with E-state index in [0.29, 0.717) is 11.4 Å². The molecule has 0 aliphatic carbocycles. The van der Waals surface area contributed by atoms with Crippen LogP contribution in [0.15, 0.2) is 115 Å². The fourth-order valence-corrected chi connectivity index (χ4v) is 6.11. The second-order valence-corrected chi connectivity index (χ2v) is 12.1. The summed E-state index contributed by atoms with van der Waals surface area (Å²) in [7, 11) is 0. The smallest absolute Gasteiger partial charge is 0.307 e. The van der Waals surface area contributed by atoms with Gasteiger partial charge in [0.05, 0.1) is 12.3 Å². The van der Waals surface area contributed by atoms with Crippen LogP contribution in [0.1, 0.15) is 48.8 Å². The summed E-state index contributed by atoms with van der Waals surface area (Å²) >= 11 is 6.24. The van der Waals surface area contributed by atoms with Crippen LogP contribution in [0.4, 0.5) is 0 Å². The molecule has 3 unspecified atom stereocenters. The number of benzene rings is 5. The van der Waals surface area contributed by atoms with Crippen LogP contribution in [0, 0.1) is 5.92 Å². The van der Waals surface area contributed by atoms with Gasteiger partial charge in [-0.3, -0.25) is 14.4 Å². The zero-order valence-corrected chi connectivity index (χ0v) is 26.3. The van der Waals surface area contributed by atoms with E-state index in [1.165, 1.54) is 0 Å². The van der Waals surface area contributed by atoms with Crippen LogP contribution in [0.5, 0.6) is 0 Å². The Labute approximate surface area is 273 Å². The van der Waals surface area contributed by atoms with Crippen molar-refractivity contribution in [2.45, 2.75) is 44.7 Å². The zero-order valence-electron chi connectivity index (χ0n) is 25.6. The lowest BCUT2D eigenvalue weighted by molar-refractivity contribution is -0.151. The van der Waals surface area contributed by atoms with Gasteiger partial charge < -0.3 is 15.1 Å². The molecule has 0 saturated carbocycles. The van der Waals surface area contributed by atoms with Gasteiger partial charge in [0.25, 0.3) is 0 Å². The highest BCUT2D eigenvalue weighted by Gasteiger charge is 2.32. The lowest BCUT2D eigenvalue weighted by atomic mass is 9.87. The summed E-state index contributed by atoms with van der Waals surface area (Å²) in [4.78, 5) is 39.1. The Morgan fingerprint density at radius 1 is 0.761 bits per heavy atom. The second-order valence-electron chi connectivity index (χ2n) is 11.7. The number of carbonyl (C=O) groups is 3. The van der Waals surface area contributed by atoms with Crippen LogP contribution in [0.25, 0.3) is 27.6 Å². The molecular formula is C39H36ClNO5. The van der Waals surface area contributed by atoms with E-state index in [-0.39, 0.29) is 18.5 Å². The number of rotatable bonds is 13. The van der Waals surface area contributed by atoms with Crippen LogP contribution >= 0.6 is 11.6 Å². The van der Waals surface area contributed by atoms with Crippen molar-refractivity contribution in [2.24, 2.45) is 5.92 Å². The molecule has 5 rings (SSSR count). The molecule has 1 amide bonds. The van der Waals surface area contributed by atoms with E-state index >= 15 is 0 Å². The minimum atomic E-state index is -1.34. The molecule has 0 bridgehead atoms. The molecule has 46 heavy (non-hydrogen) atoms. The quantitative estimate of drug-likeness (QED) is 0.135. The summed E-state index contributed by atoms with van der Waals surface area (Å²) < 4.78 is 0. The van der Waals surface area contributed by atoms with Crippen molar-refractivity contribution in [1.29, 1.82) is 0 Å². The van der Waals surface area contributed by atoms with Crippen molar-refractivity contribution in [1.82, 2.24) is 4.90 Å². The molecule has 0 fully saturated rings. The number of carboxylic acids is 2. The Morgan fingerprint density at radius 3 is 2.00 bits per heavy atom. The van der Waals surface area contributed by atoms with Crippen molar-refractivity contribution in [2.75, 3.05) is 0 Å². The summed E-state index contributed by atoms with van der Waals surface area (Å²) in [6, 6.07) is 35.6. The summed E-state index contributed by atoms with van der Waals surface area (Å²) in [5.41, 5.74) is 2.94. The van der Waals surface area contributed by atoms with Crippen molar-refractivity contribution in [3.63, 3.8) is 0 Å². The molecule has 0 saturated heterocycles. The molecule has 0 aliphatic rings. The number of nitrogens with zero attached hydrogens (tertiary/aromatic N) is 1. The molecule has 0 heterocycles. The van der Waals surface area contributed by atoms with Gasteiger partial charge >= 0.3 is 11.9 Å². The predicted molar refractivity (Wildman–Crippen MR) is 184 cm³/mol. The van der Waals surface area contributed by atoms with Crippen molar-refractivity contribution in [3.05, 3.63) is 137 Å². The van der Waals surface area contributed by atoms with Crippen LogP contribution < -0.4 is 0 Å². The van der Waals surface area contributed by atoms with Crippen molar-refractivity contribution in [3.8, 4) is 0 Å². The van der Waals surface area contributed by atoms with E-state index in [2.05, 4.69) is 42.5 Å². The van der Waals surface area contributed by atoms with Crippen LogP contribution in [0.2, 0.25) is 5.02 Å². The molecule has 5 aromatic rings. The topological polar surface area (TPSA) is 94.9 Å². The summed E-state index contributed by atoms with van der Waals surface area (Å²) in [6.07, 6.45) is 3.72. The average Bonchev–Trinajstić information content (AvgIpc) is 3.05. The number of hydrogen-bond acceptors (Lipinski definition) is 3. The fourth-order valence-electron chi connectivity index (χ4n) is 5.98. The van der Waals surface area contributed by atoms with Gasteiger partial charge in [-0.05, 0) is 75.8 Å². The predicted octanol–water partition coefficient (Wildman–Crippen LogP) is 8.82. The first-order valence-electron chi connectivity index (χ1n) is 15.3. The summed E-state index contributed by atoms with van der Waals surface area (Å²) in [5, 5.41) is 24.1. The lowest BCUT2D eigenvalue weighted by Gasteiger charge is -2.36. The van der Waals surface area contributed by atoms with E-state index in [9.17, 15) is 24.6 Å². The van der Waals surface area contributed by atoms with E-state index in [4.69, 9.17) is 11.6 Å². The van der Waals surface area contributed by atoms with Crippen molar-refractivity contribution < 1.29 is 24.6 Å². The molecule has 2 N–H and O–H groups in total. The molecule has 6 nitrogen and oxygen atoms in total. The van der Waals surface area contributed by atoms with E-state index in [1.807, 2.05) is 85.8 Å². The highest BCUT2D eigenvalue weighted by atomic mass is 35.5. The van der Waals surface area contributed by atoms with Crippen LogP contribution in [-0.4, -0.2) is 39.0 Å². The van der Waals surface area contributed by atoms with Gasteiger partial charge in [0.2, 0.25) is 5.91 Å². The number of aliphatic carboxylic acids is 2. The van der Waals surface area contributed by atoms with Gasteiger partial charge in [-0.2, -0.15) is 0 Å². The van der Waals surface area contributed by atoms with Gasteiger partial charge in [-0.25, -0.2) is 0 Å². The first kappa shape index (κ1) is 32.5. The molecule has 234 valence electrons. The van der Waals surface area contributed by atoms with Gasteiger partial charge in [0, 0.05) is 29.9 Å². The number of hydrogen-bond donors (Lipinski definition) is 2. The first-order valence-corrected chi connectivity index (χ1v) is 15.7. The average molecular weight is 634 g/mol. The van der Waals surface area contributed by atoms with Gasteiger partial charge in [0.1, 0.15) is 0 Å². The maximum absolute atomic E-state index is 14.0. The highest BCUT2D eigenvalue weighted by molar-refractivity contribution is 6.30. The van der Waals surface area contributed by atoms with Gasteiger partial charge in [-0.15, -0.1) is 0 Å². The number of halogens is 1. The Kier molecular flexibility index (Phi) is 10.5. The molecule has 0 aliphatic heterocycles. The second kappa shape index (κ2) is 14.9. The van der Waals surface area contributed by atoms with Gasteiger partial charge in [0.15, 0.2) is 0 Å². The third-order valence-electron chi connectivity index (χ3n) is 8.52. The normalized spacial score (nSPS) is 13.4. The first-order chi connectivity index (χ1) is 22.2. The molecule has 5 aromatic carbocycles. The Hall–Kier alpha value is -4.94. The third-order valence-corrected chi connectivity index (χ3v) is 8.78. The minimum Gasteiger partial charge on any atom is -0.481 e. The molecule has 0 aromatic heterocycles. The van der Waals surface area contributed by atoms with E-state index < -0.39 is 36.6 Å². The highest BCUT2D eigenvalue weighted by Crippen LogP contribution is 2.32. The Balaban J connectivity index is 1.48. The Morgan fingerprint density at radius 2 is 1.37 bits per heavy atom. The van der Waals surface area contributed by atoms with Crippen LogP contribution in [-0.2, 0) is 20.9 Å². The Bertz CT molecular complexity index is 1880. The molecule has 7 heteroatoms. The molecule has 3 atom stereocenters. The molecular weight excluding hydrogens is 598 g/mol. The lowest BCUT2D eigenvalue weighted by Crippen LogP contribution is -2.43. The van der Waals surface area contributed by atoms with Gasteiger partial charge in [-0.1, -0.05) is 109 Å². The largest absolute Gasteiger partial charge is 0.481 e. The SMILES string of the molecule is CC(C(C/C=C/c1ccc2ccccc2c1)c1ccc(Cl)cc1)N(Cc1ccc2ccccc2c1)C(=O)CC(CC(=O)O)C(=O)O. The number of fused-ring (bicyclic) bond motifs is 2. The van der Waals surface area contributed by atoms with E-state index in [1.54, 1.807) is 4.90 Å². The van der Waals surface area contributed by atoms with Crippen LogP contribution in [0.3, 0.4) is 0 Å². The number of carboxylic acid groups (broad SMARTS) is 2. The molecule has 0 spiro atoms. The number of allylic oxidation sites excluding steroid dienone is 1. The number of carbonyl (C=O) groups excluding carboxylic acids is 1. The van der Waals surface area contributed by atoms with Crippen molar-refractivity contribution >= 4 is 57.1 Å². The fraction of sp³-hybridized carbons (Fsp3) is 0.205. The summed E-state index contributed by atoms with van der Waals surface area (Å²) in [5.74, 6) is -4.47. The molecule has 0 radical (unpaired) electrons. The summed E-state index contributed by atoms with van der Waals surface area (Å²) in [6.45, 7) is 2.21. The monoisotopic (exact) mass is 633 g/mol. The minimum absolute atomic E-state index is 0.166. The maximum atomic E-state index is 14.0. The standard InChI is InChI=1S/C39H36ClNO5/c1-26(36(31-17-19-35(40)20-18-31)12-6-7-27-13-15-29-8-2-4-10-32(29)21-27)41(37(42)23-34(39(45)46)24-38(43)44)25-28-14-16-30-9-3-5-11-33(30)22-28/h2-11,13-22,26,34,36H,12,23-25H2,1H3,(H,43,44)(H,45,46)/b7-6+. The number of amides is 1. The third kappa shape index (κ3) is 8.20.